The van der Waals surface area contributed by atoms with Crippen molar-refractivity contribution in [2.24, 2.45) is 0 Å². The summed E-state index contributed by atoms with van der Waals surface area (Å²) in [4.78, 5) is 9.07. The van der Waals surface area contributed by atoms with E-state index in [1.54, 1.807) is 6.20 Å². The minimum absolute atomic E-state index is 0.528. The van der Waals surface area contributed by atoms with Gasteiger partial charge in [-0.15, -0.1) is 11.6 Å². The van der Waals surface area contributed by atoms with Gasteiger partial charge >= 0.3 is 0 Å². The SMILES string of the molecule is CCOc1ccc(-n2c(CCCl)nc3cccnc32)cc1. The third kappa shape index (κ3) is 2.72. The van der Waals surface area contributed by atoms with Crippen molar-refractivity contribution in [3.05, 3.63) is 48.4 Å². The standard InChI is InChI=1S/C16H16ClN3O/c1-2-21-13-7-5-12(6-8-13)20-15(9-10-17)19-14-4-3-11-18-16(14)20/h3-8,11H,2,9-10H2,1H3. The van der Waals surface area contributed by atoms with Crippen molar-refractivity contribution in [3.8, 4) is 11.4 Å². The second kappa shape index (κ2) is 6.14. The van der Waals surface area contributed by atoms with E-state index >= 15 is 0 Å². The first kappa shape index (κ1) is 13.9. The first-order valence-corrected chi connectivity index (χ1v) is 7.48. The van der Waals surface area contributed by atoms with E-state index < -0.39 is 0 Å². The van der Waals surface area contributed by atoms with Crippen LogP contribution in [0.4, 0.5) is 0 Å². The van der Waals surface area contributed by atoms with Crippen molar-refractivity contribution in [2.45, 2.75) is 13.3 Å². The molecule has 108 valence electrons. The number of alkyl halides is 1. The summed E-state index contributed by atoms with van der Waals surface area (Å²) in [7, 11) is 0. The number of nitrogens with zero attached hydrogens (tertiary/aromatic N) is 3. The average molecular weight is 302 g/mol. The molecule has 2 heterocycles. The lowest BCUT2D eigenvalue weighted by Gasteiger charge is -2.09. The Morgan fingerprint density at radius 2 is 2.00 bits per heavy atom. The summed E-state index contributed by atoms with van der Waals surface area (Å²) in [6, 6.07) is 11.8. The van der Waals surface area contributed by atoms with E-state index in [2.05, 4.69) is 9.97 Å². The summed E-state index contributed by atoms with van der Waals surface area (Å²) in [6.07, 6.45) is 2.48. The van der Waals surface area contributed by atoms with E-state index in [1.165, 1.54) is 0 Å². The molecule has 2 aromatic heterocycles. The summed E-state index contributed by atoms with van der Waals surface area (Å²) < 4.78 is 7.53. The number of aryl methyl sites for hydroxylation is 1. The van der Waals surface area contributed by atoms with Gasteiger partial charge < -0.3 is 4.74 Å². The zero-order valence-electron chi connectivity index (χ0n) is 11.8. The lowest BCUT2D eigenvalue weighted by atomic mass is 10.3. The number of hydrogen-bond donors (Lipinski definition) is 0. The highest BCUT2D eigenvalue weighted by Crippen LogP contribution is 2.22. The lowest BCUT2D eigenvalue weighted by molar-refractivity contribution is 0.340. The van der Waals surface area contributed by atoms with Crippen molar-refractivity contribution in [2.75, 3.05) is 12.5 Å². The van der Waals surface area contributed by atoms with E-state index in [-0.39, 0.29) is 0 Å². The molecule has 0 aliphatic carbocycles. The molecule has 3 aromatic rings. The molecule has 0 fully saturated rings. The van der Waals surface area contributed by atoms with Gasteiger partial charge in [-0.3, -0.25) is 4.57 Å². The number of imidazole rings is 1. The van der Waals surface area contributed by atoms with Gasteiger partial charge in [0.05, 0.1) is 6.61 Å². The molecule has 21 heavy (non-hydrogen) atoms. The molecule has 0 atom stereocenters. The number of hydrogen-bond acceptors (Lipinski definition) is 3. The lowest BCUT2D eigenvalue weighted by Crippen LogP contribution is -2.03. The van der Waals surface area contributed by atoms with Crippen molar-refractivity contribution >= 4 is 22.8 Å². The van der Waals surface area contributed by atoms with Gasteiger partial charge in [0.25, 0.3) is 0 Å². The van der Waals surface area contributed by atoms with Crippen LogP contribution in [0.15, 0.2) is 42.6 Å². The molecule has 1 aromatic carbocycles. The molecule has 5 heteroatoms. The summed E-state index contributed by atoms with van der Waals surface area (Å²) >= 11 is 5.90. The van der Waals surface area contributed by atoms with Crippen LogP contribution in [0.2, 0.25) is 0 Å². The van der Waals surface area contributed by atoms with Crippen molar-refractivity contribution in [1.82, 2.24) is 14.5 Å². The highest BCUT2D eigenvalue weighted by molar-refractivity contribution is 6.17. The minimum atomic E-state index is 0.528. The van der Waals surface area contributed by atoms with Crippen LogP contribution >= 0.6 is 11.6 Å². The minimum Gasteiger partial charge on any atom is -0.494 e. The van der Waals surface area contributed by atoms with E-state index in [0.717, 1.165) is 28.4 Å². The zero-order chi connectivity index (χ0) is 14.7. The van der Waals surface area contributed by atoms with Gasteiger partial charge in [0.15, 0.2) is 5.65 Å². The van der Waals surface area contributed by atoms with Crippen LogP contribution in [0, 0.1) is 0 Å². The van der Waals surface area contributed by atoms with Gasteiger partial charge in [0.2, 0.25) is 0 Å². The molecule has 0 unspecified atom stereocenters. The average Bonchev–Trinajstić information content (AvgIpc) is 2.87. The van der Waals surface area contributed by atoms with E-state index in [9.17, 15) is 0 Å². The molecule has 0 radical (unpaired) electrons. The topological polar surface area (TPSA) is 39.9 Å². The molecule has 4 nitrogen and oxygen atoms in total. The highest BCUT2D eigenvalue weighted by atomic mass is 35.5. The Hall–Kier alpha value is -2.07. The Balaban J connectivity index is 2.11. The maximum absolute atomic E-state index is 5.90. The largest absolute Gasteiger partial charge is 0.494 e. The van der Waals surface area contributed by atoms with Crippen LogP contribution < -0.4 is 4.74 Å². The van der Waals surface area contributed by atoms with Crippen LogP contribution in [-0.2, 0) is 6.42 Å². The molecule has 3 rings (SSSR count). The second-order valence-corrected chi connectivity index (χ2v) is 4.95. The highest BCUT2D eigenvalue weighted by Gasteiger charge is 2.12. The summed E-state index contributed by atoms with van der Waals surface area (Å²) in [5.74, 6) is 2.31. The quantitative estimate of drug-likeness (QED) is 0.676. The molecule has 0 bridgehead atoms. The van der Waals surface area contributed by atoms with Crippen LogP contribution in [0.1, 0.15) is 12.7 Å². The smallest absolute Gasteiger partial charge is 0.164 e. The number of halogens is 1. The maximum atomic E-state index is 5.90. The Morgan fingerprint density at radius 1 is 1.19 bits per heavy atom. The summed E-state index contributed by atoms with van der Waals surface area (Å²) in [5.41, 5.74) is 2.74. The first-order chi connectivity index (χ1) is 10.3. The van der Waals surface area contributed by atoms with Crippen molar-refractivity contribution in [1.29, 1.82) is 0 Å². The molecule has 0 aliphatic heterocycles. The number of benzene rings is 1. The fourth-order valence-corrected chi connectivity index (χ4v) is 2.51. The Bertz CT molecular complexity index is 737. The molecular formula is C16H16ClN3O. The Morgan fingerprint density at radius 3 is 2.71 bits per heavy atom. The normalized spacial score (nSPS) is 11.0. The van der Waals surface area contributed by atoms with Gasteiger partial charge in [-0.05, 0) is 43.3 Å². The Labute approximate surface area is 128 Å². The molecule has 0 spiro atoms. The van der Waals surface area contributed by atoms with Crippen LogP contribution in [0.25, 0.3) is 16.9 Å². The predicted molar refractivity (Wildman–Crippen MR) is 84.5 cm³/mol. The number of rotatable bonds is 5. The van der Waals surface area contributed by atoms with Crippen LogP contribution in [0.3, 0.4) is 0 Å². The predicted octanol–water partition coefficient (Wildman–Crippen LogP) is 3.60. The Kier molecular flexibility index (Phi) is 4.06. The van der Waals surface area contributed by atoms with E-state index in [0.29, 0.717) is 18.9 Å². The maximum Gasteiger partial charge on any atom is 0.164 e. The number of fused-ring (bicyclic) bond motifs is 1. The third-order valence-electron chi connectivity index (χ3n) is 3.21. The zero-order valence-corrected chi connectivity index (χ0v) is 12.5. The summed E-state index contributed by atoms with van der Waals surface area (Å²) in [6.45, 7) is 2.63. The van der Waals surface area contributed by atoms with Crippen LogP contribution in [0.5, 0.6) is 5.75 Å². The molecule has 0 saturated carbocycles. The van der Waals surface area contributed by atoms with Crippen LogP contribution in [-0.4, -0.2) is 27.0 Å². The molecule has 0 aliphatic rings. The third-order valence-corrected chi connectivity index (χ3v) is 3.40. The first-order valence-electron chi connectivity index (χ1n) is 6.95. The molecule has 0 saturated heterocycles. The van der Waals surface area contributed by atoms with Crippen molar-refractivity contribution < 1.29 is 4.74 Å². The summed E-state index contributed by atoms with van der Waals surface area (Å²) in [5, 5.41) is 0. The number of pyridine rings is 1. The second-order valence-electron chi connectivity index (χ2n) is 4.58. The van der Waals surface area contributed by atoms with Gasteiger partial charge in [-0.1, -0.05) is 0 Å². The van der Waals surface area contributed by atoms with Crippen molar-refractivity contribution in [3.63, 3.8) is 0 Å². The monoisotopic (exact) mass is 301 g/mol. The molecular weight excluding hydrogens is 286 g/mol. The van der Waals surface area contributed by atoms with Gasteiger partial charge in [-0.2, -0.15) is 0 Å². The van der Waals surface area contributed by atoms with Gasteiger partial charge in [0, 0.05) is 24.2 Å². The fraction of sp³-hybridized carbons (Fsp3) is 0.250. The fourth-order valence-electron chi connectivity index (χ4n) is 2.34. The van der Waals surface area contributed by atoms with E-state index in [4.69, 9.17) is 16.3 Å². The number of aromatic nitrogens is 3. The van der Waals surface area contributed by atoms with E-state index in [1.807, 2.05) is 47.9 Å². The number of ether oxygens (including phenoxy) is 1. The molecule has 0 amide bonds. The molecule has 0 N–H and O–H groups in total. The van der Waals surface area contributed by atoms with Gasteiger partial charge in [0.1, 0.15) is 17.1 Å². The van der Waals surface area contributed by atoms with Gasteiger partial charge in [-0.25, -0.2) is 9.97 Å².